The molecule has 1 aromatic heterocycles. The number of aryl methyl sites for hydroxylation is 1. The van der Waals surface area contributed by atoms with Gasteiger partial charge in [-0.15, -0.1) is 0 Å². The van der Waals surface area contributed by atoms with Crippen molar-refractivity contribution in [3.63, 3.8) is 0 Å². The number of halogens is 3. The van der Waals surface area contributed by atoms with Gasteiger partial charge in [0.15, 0.2) is 0 Å². The fourth-order valence-electron chi connectivity index (χ4n) is 2.65. The number of aliphatic hydroxyl groups is 1. The SMILES string of the molecule is Cc1ccc(C(O)(CC(=O)NC2CCN(C)CC2)C(F)(F)F)o1. The van der Waals surface area contributed by atoms with Crippen molar-refractivity contribution < 1.29 is 27.5 Å². The Morgan fingerprint density at radius 3 is 2.48 bits per heavy atom. The summed E-state index contributed by atoms with van der Waals surface area (Å²) in [6.07, 6.45) is -4.78. The molecule has 2 rings (SSSR count). The molecule has 0 radical (unpaired) electrons. The number of hydrogen-bond donors (Lipinski definition) is 2. The minimum atomic E-state index is -5.01. The number of furan rings is 1. The van der Waals surface area contributed by atoms with Gasteiger partial charge in [-0.3, -0.25) is 4.79 Å². The third-order valence-electron chi connectivity index (χ3n) is 4.12. The zero-order valence-electron chi connectivity index (χ0n) is 13.1. The summed E-state index contributed by atoms with van der Waals surface area (Å²) in [5, 5.41) is 12.7. The second-order valence-corrected chi connectivity index (χ2v) is 6.09. The number of alkyl halides is 3. The van der Waals surface area contributed by atoms with Crippen LogP contribution in [-0.2, 0) is 10.4 Å². The molecule has 1 aliphatic rings. The highest BCUT2D eigenvalue weighted by Crippen LogP contribution is 2.42. The molecule has 130 valence electrons. The molecule has 0 bridgehead atoms. The second kappa shape index (κ2) is 6.52. The van der Waals surface area contributed by atoms with Crippen LogP contribution >= 0.6 is 0 Å². The minimum Gasteiger partial charge on any atom is -0.463 e. The molecule has 1 aromatic rings. The number of nitrogens with one attached hydrogen (secondary N) is 1. The van der Waals surface area contributed by atoms with Crippen molar-refractivity contribution in [2.45, 2.75) is 44.0 Å². The highest BCUT2D eigenvalue weighted by Gasteiger charge is 2.58. The van der Waals surface area contributed by atoms with Gasteiger partial charge >= 0.3 is 6.18 Å². The largest absolute Gasteiger partial charge is 0.463 e. The monoisotopic (exact) mass is 334 g/mol. The molecule has 0 aliphatic carbocycles. The first-order valence-corrected chi connectivity index (χ1v) is 7.46. The topological polar surface area (TPSA) is 65.7 Å². The summed E-state index contributed by atoms with van der Waals surface area (Å²) in [6, 6.07) is 2.20. The molecule has 0 saturated carbocycles. The third-order valence-corrected chi connectivity index (χ3v) is 4.12. The van der Waals surface area contributed by atoms with Crippen molar-refractivity contribution in [2.24, 2.45) is 0 Å². The highest BCUT2D eigenvalue weighted by molar-refractivity contribution is 5.77. The van der Waals surface area contributed by atoms with Gasteiger partial charge in [-0.2, -0.15) is 13.2 Å². The van der Waals surface area contributed by atoms with Crippen molar-refractivity contribution in [3.8, 4) is 0 Å². The maximum absolute atomic E-state index is 13.3. The van der Waals surface area contributed by atoms with Crippen LogP contribution < -0.4 is 5.32 Å². The van der Waals surface area contributed by atoms with Crippen molar-refractivity contribution >= 4 is 5.91 Å². The fraction of sp³-hybridized carbons (Fsp3) is 0.667. The number of carbonyl (C=O) groups excluding carboxylic acids is 1. The molecule has 2 N–H and O–H groups in total. The zero-order valence-corrected chi connectivity index (χ0v) is 13.1. The van der Waals surface area contributed by atoms with Gasteiger partial charge < -0.3 is 19.7 Å². The average molecular weight is 334 g/mol. The molecular formula is C15H21F3N2O3. The molecule has 1 unspecified atom stereocenters. The molecule has 1 aliphatic heterocycles. The van der Waals surface area contributed by atoms with Gasteiger partial charge in [-0.05, 0) is 52.0 Å². The van der Waals surface area contributed by atoms with Crippen LogP contribution in [0.5, 0.6) is 0 Å². The summed E-state index contributed by atoms with van der Waals surface area (Å²) in [5.41, 5.74) is -3.32. The average Bonchev–Trinajstić information content (AvgIpc) is 2.87. The van der Waals surface area contributed by atoms with Crippen molar-refractivity contribution in [2.75, 3.05) is 20.1 Å². The van der Waals surface area contributed by atoms with Crippen LogP contribution in [0.1, 0.15) is 30.8 Å². The van der Waals surface area contributed by atoms with Gasteiger partial charge in [0, 0.05) is 6.04 Å². The van der Waals surface area contributed by atoms with Gasteiger partial charge in [-0.1, -0.05) is 0 Å². The quantitative estimate of drug-likeness (QED) is 0.883. The maximum atomic E-state index is 13.3. The lowest BCUT2D eigenvalue weighted by Gasteiger charge is -2.31. The molecular weight excluding hydrogens is 313 g/mol. The van der Waals surface area contributed by atoms with Crippen molar-refractivity contribution in [3.05, 3.63) is 23.7 Å². The first-order valence-electron chi connectivity index (χ1n) is 7.46. The Balaban J connectivity index is 2.08. The lowest BCUT2D eigenvalue weighted by molar-refractivity contribution is -0.273. The van der Waals surface area contributed by atoms with E-state index in [4.69, 9.17) is 4.42 Å². The summed E-state index contributed by atoms with van der Waals surface area (Å²) in [5.74, 6) is -1.27. The first kappa shape index (κ1) is 17.8. The summed E-state index contributed by atoms with van der Waals surface area (Å²) >= 11 is 0. The van der Waals surface area contributed by atoms with Crippen LogP contribution in [0.15, 0.2) is 16.5 Å². The molecule has 1 atom stereocenters. The number of amides is 1. The fourth-order valence-corrected chi connectivity index (χ4v) is 2.65. The van der Waals surface area contributed by atoms with E-state index in [1.165, 1.54) is 13.0 Å². The molecule has 1 amide bonds. The Hall–Kier alpha value is -1.54. The molecule has 1 fully saturated rings. The molecule has 23 heavy (non-hydrogen) atoms. The summed E-state index contributed by atoms with van der Waals surface area (Å²) < 4.78 is 44.8. The highest BCUT2D eigenvalue weighted by atomic mass is 19.4. The molecule has 5 nitrogen and oxygen atoms in total. The number of piperidine rings is 1. The second-order valence-electron chi connectivity index (χ2n) is 6.09. The van der Waals surface area contributed by atoms with E-state index in [9.17, 15) is 23.1 Å². The molecule has 0 aromatic carbocycles. The van der Waals surface area contributed by atoms with Crippen LogP contribution in [-0.4, -0.2) is 48.3 Å². The lowest BCUT2D eigenvalue weighted by Crippen LogP contribution is -2.49. The Morgan fingerprint density at radius 2 is 2.00 bits per heavy atom. The minimum absolute atomic E-state index is 0.172. The van der Waals surface area contributed by atoms with Crippen LogP contribution in [0.4, 0.5) is 13.2 Å². The van der Waals surface area contributed by atoms with E-state index >= 15 is 0 Å². The number of nitrogens with zero attached hydrogens (tertiary/aromatic N) is 1. The van der Waals surface area contributed by atoms with E-state index in [1.807, 2.05) is 7.05 Å². The van der Waals surface area contributed by atoms with Gasteiger partial charge in [-0.25, -0.2) is 0 Å². The molecule has 8 heteroatoms. The predicted molar refractivity (Wildman–Crippen MR) is 76.7 cm³/mol. The van der Waals surface area contributed by atoms with Gasteiger partial charge in [0.2, 0.25) is 11.5 Å². The third kappa shape index (κ3) is 4.06. The molecule has 1 saturated heterocycles. The summed E-state index contributed by atoms with van der Waals surface area (Å²) in [6.45, 7) is 3.01. The van der Waals surface area contributed by atoms with Gasteiger partial charge in [0.1, 0.15) is 11.5 Å². The van der Waals surface area contributed by atoms with Crippen LogP contribution in [0.3, 0.4) is 0 Å². The Labute approximate surface area is 132 Å². The Morgan fingerprint density at radius 1 is 1.39 bits per heavy atom. The first-order chi connectivity index (χ1) is 10.6. The number of carbonyl (C=O) groups is 1. The molecule has 0 spiro atoms. The van der Waals surface area contributed by atoms with E-state index in [1.54, 1.807) is 0 Å². The number of likely N-dealkylation sites (tertiary alicyclic amines) is 1. The van der Waals surface area contributed by atoms with E-state index < -0.39 is 29.9 Å². The lowest BCUT2D eigenvalue weighted by atomic mass is 9.94. The summed E-state index contributed by atoms with van der Waals surface area (Å²) in [7, 11) is 1.94. The van der Waals surface area contributed by atoms with E-state index in [2.05, 4.69) is 10.2 Å². The molecule has 2 heterocycles. The zero-order chi connectivity index (χ0) is 17.3. The van der Waals surface area contributed by atoms with Crippen LogP contribution in [0.25, 0.3) is 0 Å². The van der Waals surface area contributed by atoms with Crippen LogP contribution in [0, 0.1) is 6.92 Å². The summed E-state index contributed by atoms with van der Waals surface area (Å²) in [4.78, 5) is 14.1. The standard InChI is InChI=1S/C15H21F3N2O3/c1-10-3-4-12(23-10)14(22,15(16,17)18)9-13(21)19-11-5-7-20(2)8-6-11/h3-4,11,22H,5-9H2,1-2H3,(H,19,21). The smallest absolute Gasteiger partial charge is 0.425 e. The Kier molecular flexibility index (Phi) is 5.05. The van der Waals surface area contributed by atoms with Gasteiger partial charge in [0.25, 0.3) is 0 Å². The van der Waals surface area contributed by atoms with E-state index in [-0.39, 0.29) is 11.8 Å². The van der Waals surface area contributed by atoms with Crippen molar-refractivity contribution in [1.29, 1.82) is 0 Å². The van der Waals surface area contributed by atoms with E-state index in [0.29, 0.717) is 12.8 Å². The van der Waals surface area contributed by atoms with E-state index in [0.717, 1.165) is 19.2 Å². The van der Waals surface area contributed by atoms with Crippen LogP contribution in [0.2, 0.25) is 0 Å². The normalized spacial score (nSPS) is 20.3. The maximum Gasteiger partial charge on any atom is 0.425 e. The number of hydrogen-bond acceptors (Lipinski definition) is 4. The van der Waals surface area contributed by atoms with Gasteiger partial charge in [0.05, 0.1) is 6.42 Å². The Bertz CT molecular complexity index is 550. The van der Waals surface area contributed by atoms with Crippen molar-refractivity contribution in [1.82, 2.24) is 10.2 Å². The predicted octanol–water partition coefficient (Wildman–Crippen LogP) is 1.94. The number of rotatable bonds is 4.